The Labute approximate surface area is 242 Å². The molecule has 1 atom stereocenters. The van der Waals surface area contributed by atoms with Gasteiger partial charge in [-0.2, -0.15) is 0 Å². The fourth-order valence-corrected chi connectivity index (χ4v) is 4.77. The molecule has 0 saturated heterocycles. The summed E-state index contributed by atoms with van der Waals surface area (Å²) in [7, 11) is 5.54. The van der Waals surface area contributed by atoms with Gasteiger partial charge in [0.1, 0.15) is 17.2 Å². The lowest BCUT2D eigenvalue weighted by Gasteiger charge is -2.19. The molecule has 1 heterocycles. The molecule has 8 nitrogen and oxygen atoms in total. The van der Waals surface area contributed by atoms with E-state index in [0.717, 1.165) is 16.8 Å². The number of nitrogens with one attached hydrogen (secondary N) is 1. The lowest BCUT2D eigenvalue weighted by atomic mass is 9.91. The van der Waals surface area contributed by atoms with Crippen LogP contribution in [0.15, 0.2) is 48.7 Å². The summed E-state index contributed by atoms with van der Waals surface area (Å²) in [6.07, 6.45) is 2.72. The number of imidazole rings is 1. The quantitative estimate of drug-likeness (QED) is 0.286. The molecule has 40 heavy (non-hydrogen) atoms. The third-order valence-electron chi connectivity index (χ3n) is 6.34. The number of aromatic nitrogens is 2. The third kappa shape index (κ3) is 8.91. The molecule has 0 unspecified atom stereocenters. The number of likely N-dealkylation sites (N-methyl/N-ethyl adjacent to an activating group) is 1. The van der Waals surface area contributed by atoms with Crippen LogP contribution in [0.1, 0.15) is 55.9 Å². The standard InChI is InChI=1S/C31H41ClN4O4/c1-20(2)40-28-13-12-24(16-25(28)32)27(37)15-22(17-33-29(38)19-35(5)6)14-21-8-10-23(11-9-21)26-18-36(7)30(34-26)31(3,4)39/h8-13,16,18,20,22,39H,14-15,17,19H2,1-7H3,(H,33,38)/t22-/m1/s1. The first-order valence-electron chi connectivity index (χ1n) is 13.5. The predicted octanol–water partition coefficient (Wildman–Crippen LogP) is 4.86. The van der Waals surface area contributed by atoms with E-state index >= 15 is 0 Å². The first-order valence-corrected chi connectivity index (χ1v) is 13.9. The van der Waals surface area contributed by atoms with Gasteiger partial charge in [0.25, 0.3) is 0 Å². The van der Waals surface area contributed by atoms with Gasteiger partial charge in [-0.3, -0.25) is 9.59 Å². The summed E-state index contributed by atoms with van der Waals surface area (Å²) >= 11 is 6.38. The molecular weight excluding hydrogens is 528 g/mol. The molecule has 0 radical (unpaired) electrons. The lowest BCUT2D eigenvalue weighted by Crippen LogP contribution is -2.37. The number of nitrogens with zero attached hydrogens (tertiary/aromatic N) is 3. The minimum Gasteiger partial charge on any atom is -0.489 e. The second-order valence-electron chi connectivity index (χ2n) is 11.4. The smallest absolute Gasteiger partial charge is 0.234 e. The fraction of sp³-hybridized carbons (Fsp3) is 0.452. The number of aryl methyl sites for hydroxylation is 1. The zero-order chi connectivity index (χ0) is 29.6. The second-order valence-corrected chi connectivity index (χ2v) is 11.8. The highest BCUT2D eigenvalue weighted by molar-refractivity contribution is 6.32. The molecule has 9 heteroatoms. The molecular formula is C31H41ClN4O4. The van der Waals surface area contributed by atoms with Crippen LogP contribution in [0.2, 0.25) is 5.02 Å². The van der Waals surface area contributed by atoms with Crippen molar-refractivity contribution in [2.75, 3.05) is 27.2 Å². The SMILES string of the molecule is CC(C)Oc1ccc(C(=O)C[C@H](CNC(=O)CN(C)C)Cc2ccc(-c3cn(C)c(C(C)(C)O)n3)cc2)cc1Cl. The van der Waals surface area contributed by atoms with Crippen molar-refractivity contribution in [2.45, 2.75) is 52.2 Å². The number of rotatable bonds is 13. The molecule has 216 valence electrons. The van der Waals surface area contributed by atoms with Crippen LogP contribution in [0.3, 0.4) is 0 Å². The van der Waals surface area contributed by atoms with Gasteiger partial charge in [-0.25, -0.2) is 4.98 Å². The van der Waals surface area contributed by atoms with Gasteiger partial charge in [0.05, 0.1) is 23.4 Å². The van der Waals surface area contributed by atoms with Crippen LogP contribution in [0, 0.1) is 5.92 Å². The first-order chi connectivity index (χ1) is 18.7. The molecule has 2 N–H and O–H groups in total. The van der Waals surface area contributed by atoms with Crippen LogP contribution in [0.25, 0.3) is 11.3 Å². The zero-order valence-electron chi connectivity index (χ0n) is 24.5. The van der Waals surface area contributed by atoms with Gasteiger partial charge >= 0.3 is 0 Å². The summed E-state index contributed by atoms with van der Waals surface area (Å²) in [4.78, 5) is 32.0. The zero-order valence-corrected chi connectivity index (χ0v) is 25.2. The van der Waals surface area contributed by atoms with E-state index in [9.17, 15) is 14.7 Å². The van der Waals surface area contributed by atoms with E-state index in [0.29, 0.717) is 35.1 Å². The molecule has 0 aliphatic heterocycles. The van der Waals surface area contributed by atoms with E-state index in [2.05, 4.69) is 10.3 Å². The largest absolute Gasteiger partial charge is 0.489 e. The maximum atomic E-state index is 13.3. The monoisotopic (exact) mass is 568 g/mol. The Hall–Kier alpha value is -3.20. The third-order valence-corrected chi connectivity index (χ3v) is 6.63. The van der Waals surface area contributed by atoms with Gasteiger partial charge in [-0.05, 0) is 77.9 Å². The summed E-state index contributed by atoms with van der Waals surface area (Å²) < 4.78 is 7.52. The normalized spacial score (nSPS) is 12.6. The van der Waals surface area contributed by atoms with Gasteiger partial charge in [-0.1, -0.05) is 35.9 Å². The summed E-state index contributed by atoms with van der Waals surface area (Å²) in [6.45, 7) is 7.91. The average Bonchev–Trinajstić information content (AvgIpc) is 3.25. The molecule has 3 aromatic rings. The summed E-state index contributed by atoms with van der Waals surface area (Å²) in [5.74, 6) is 0.875. The maximum Gasteiger partial charge on any atom is 0.234 e. The number of ether oxygens (including phenoxy) is 1. The van der Waals surface area contributed by atoms with Crippen molar-refractivity contribution >= 4 is 23.3 Å². The van der Waals surface area contributed by atoms with Gasteiger partial charge in [-0.15, -0.1) is 0 Å². The van der Waals surface area contributed by atoms with E-state index in [-0.39, 0.29) is 36.7 Å². The molecule has 1 aromatic heterocycles. The van der Waals surface area contributed by atoms with Crippen molar-refractivity contribution in [3.8, 4) is 17.0 Å². The van der Waals surface area contributed by atoms with E-state index < -0.39 is 5.60 Å². The second kappa shape index (κ2) is 13.4. The van der Waals surface area contributed by atoms with Crippen molar-refractivity contribution in [3.05, 3.63) is 70.6 Å². The van der Waals surface area contributed by atoms with Crippen molar-refractivity contribution in [1.29, 1.82) is 0 Å². The van der Waals surface area contributed by atoms with Gasteiger partial charge in [0, 0.05) is 37.3 Å². The molecule has 0 bridgehead atoms. The Morgan fingerprint density at radius 3 is 2.38 bits per heavy atom. The summed E-state index contributed by atoms with van der Waals surface area (Å²) in [5.41, 5.74) is 2.21. The molecule has 1 amide bonds. The number of ketones is 1. The van der Waals surface area contributed by atoms with E-state index in [1.54, 1.807) is 36.9 Å². The highest BCUT2D eigenvalue weighted by atomic mass is 35.5. The molecule has 0 spiro atoms. The van der Waals surface area contributed by atoms with E-state index in [1.165, 1.54) is 0 Å². The van der Waals surface area contributed by atoms with Crippen LogP contribution in [-0.4, -0.2) is 64.5 Å². The highest BCUT2D eigenvalue weighted by Crippen LogP contribution is 2.28. The summed E-state index contributed by atoms with van der Waals surface area (Å²) in [5, 5.41) is 13.7. The van der Waals surface area contributed by atoms with Crippen molar-refractivity contribution in [1.82, 2.24) is 19.8 Å². The minimum absolute atomic E-state index is 0.0261. The summed E-state index contributed by atoms with van der Waals surface area (Å²) in [6, 6.07) is 13.1. The lowest BCUT2D eigenvalue weighted by molar-refractivity contribution is -0.121. The number of halogens is 1. The van der Waals surface area contributed by atoms with Crippen LogP contribution < -0.4 is 10.1 Å². The number of carbonyl (C=O) groups is 2. The van der Waals surface area contributed by atoms with Gasteiger partial charge in [0.15, 0.2) is 5.78 Å². The molecule has 0 saturated carbocycles. The molecule has 2 aromatic carbocycles. The number of hydrogen-bond donors (Lipinski definition) is 2. The van der Waals surface area contributed by atoms with Crippen LogP contribution in [-0.2, 0) is 23.9 Å². The van der Waals surface area contributed by atoms with E-state index in [1.807, 2.05) is 70.0 Å². The number of carbonyl (C=O) groups excluding carboxylic acids is 2. The number of Topliss-reactive ketones (excluding diaryl/α,β-unsaturated/α-hetero) is 1. The number of aliphatic hydroxyl groups is 1. The molecule has 0 fully saturated rings. The first kappa shape index (κ1) is 31.3. The van der Waals surface area contributed by atoms with Crippen molar-refractivity contribution in [3.63, 3.8) is 0 Å². The number of amides is 1. The van der Waals surface area contributed by atoms with Crippen molar-refractivity contribution < 1.29 is 19.4 Å². The van der Waals surface area contributed by atoms with E-state index in [4.69, 9.17) is 16.3 Å². The number of hydrogen-bond acceptors (Lipinski definition) is 6. The molecule has 0 aliphatic carbocycles. The maximum absolute atomic E-state index is 13.3. The number of benzene rings is 2. The highest BCUT2D eigenvalue weighted by Gasteiger charge is 2.23. The molecule has 3 rings (SSSR count). The average molecular weight is 569 g/mol. The van der Waals surface area contributed by atoms with Crippen LogP contribution in [0.5, 0.6) is 5.75 Å². The Morgan fingerprint density at radius 1 is 1.15 bits per heavy atom. The molecule has 0 aliphatic rings. The predicted molar refractivity (Wildman–Crippen MR) is 159 cm³/mol. The Bertz CT molecular complexity index is 1310. The van der Waals surface area contributed by atoms with Crippen molar-refractivity contribution in [2.24, 2.45) is 13.0 Å². The van der Waals surface area contributed by atoms with Crippen LogP contribution >= 0.6 is 11.6 Å². The fourth-order valence-electron chi connectivity index (χ4n) is 4.54. The Kier molecular flexibility index (Phi) is 10.5. The van der Waals surface area contributed by atoms with Gasteiger partial charge in [0.2, 0.25) is 5.91 Å². The Morgan fingerprint density at radius 2 is 1.82 bits per heavy atom. The van der Waals surface area contributed by atoms with Gasteiger partial charge < -0.3 is 24.6 Å². The Balaban J connectivity index is 1.76. The topological polar surface area (TPSA) is 96.7 Å². The van der Waals surface area contributed by atoms with Crippen LogP contribution in [0.4, 0.5) is 0 Å². The minimum atomic E-state index is -1.05.